The first-order chi connectivity index (χ1) is 24.7. The average Bonchev–Trinajstić information content (AvgIpc) is 3.14. The van der Waals surface area contributed by atoms with E-state index in [0.29, 0.717) is 36.0 Å². The molecule has 0 saturated carbocycles. The third kappa shape index (κ3) is 11.1. The molecule has 0 radical (unpaired) electrons. The summed E-state index contributed by atoms with van der Waals surface area (Å²) in [5.74, 6) is -3.83. The lowest BCUT2D eigenvalue weighted by molar-refractivity contribution is -0.157. The van der Waals surface area contributed by atoms with E-state index in [2.05, 4.69) is 5.32 Å². The lowest BCUT2D eigenvalue weighted by atomic mass is 9.95. The van der Waals surface area contributed by atoms with Gasteiger partial charge in [-0.25, -0.2) is 4.79 Å². The maximum absolute atomic E-state index is 14.2. The number of rotatable bonds is 7. The Hall–Kier alpha value is -4.74. The Morgan fingerprint density at radius 2 is 1.73 bits per heavy atom. The number of ketones is 1. The van der Waals surface area contributed by atoms with Gasteiger partial charge >= 0.3 is 5.97 Å². The molecule has 11 heteroatoms. The zero-order valence-corrected chi connectivity index (χ0v) is 31.5. The van der Waals surface area contributed by atoms with Crippen LogP contribution in [0.5, 0.6) is 11.5 Å². The number of phenols is 1. The third-order valence-corrected chi connectivity index (χ3v) is 9.44. The number of carbonyl (C=O) groups is 4. The molecule has 0 aliphatic carbocycles. The maximum Gasteiger partial charge on any atom is 0.329 e. The molecule has 6 atom stereocenters. The Morgan fingerprint density at radius 3 is 2.37 bits per heavy atom. The largest absolute Gasteiger partial charge is 0.504 e. The number of aromatic hydroxyl groups is 1. The molecule has 0 aromatic heterocycles. The van der Waals surface area contributed by atoms with E-state index in [-0.39, 0.29) is 29.8 Å². The van der Waals surface area contributed by atoms with Gasteiger partial charge in [0.2, 0.25) is 11.8 Å². The summed E-state index contributed by atoms with van der Waals surface area (Å²) in [6, 6.07) is 11.1. The number of likely N-dealkylation sites (N-methyl/N-ethyl adjacent to an activating group) is 1. The number of methoxy groups -OCH3 is 2. The van der Waals surface area contributed by atoms with E-state index in [4.69, 9.17) is 14.2 Å². The maximum atomic E-state index is 14.2. The Kier molecular flexibility index (Phi) is 15.8. The van der Waals surface area contributed by atoms with Crippen LogP contribution < -0.4 is 10.1 Å². The van der Waals surface area contributed by atoms with E-state index in [1.165, 1.54) is 32.0 Å². The van der Waals surface area contributed by atoms with Crippen LogP contribution in [-0.2, 0) is 35.1 Å². The predicted molar refractivity (Wildman–Crippen MR) is 198 cm³/mol. The highest BCUT2D eigenvalue weighted by Crippen LogP contribution is 2.28. The molecule has 3 rings (SSSR count). The topological polar surface area (TPSA) is 152 Å². The summed E-state index contributed by atoms with van der Waals surface area (Å²) in [5, 5.41) is 24.3. The number of nitrogens with one attached hydrogen (secondary N) is 1. The fourth-order valence-electron chi connectivity index (χ4n) is 6.07. The summed E-state index contributed by atoms with van der Waals surface area (Å²) < 4.78 is 16.9. The minimum absolute atomic E-state index is 0.0231. The first-order valence-corrected chi connectivity index (χ1v) is 17.6. The fourth-order valence-corrected chi connectivity index (χ4v) is 6.07. The second kappa shape index (κ2) is 19.8. The van der Waals surface area contributed by atoms with E-state index in [1.807, 2.05) is 25.1 Å². The van der Waals surface area contributed by atoms with Gasteiger partial charge in [0.25, 0.3) is 0 Å². The van der Waals surface area contributed by atoms with Crippen molar-refractivity contribution in [3.63, 3.8) is 0 Å². The molecule has 3 N–H and O–H groups in total. The standard InChI is InChI=1S/C41H54N2O9/c1-25(2)36-41(49)52-34(38(46)30-17-10-9-11-18-30)20-14-16-26(3)33(50-7)19-13-12-15-27(4)37(45)28(5)40(48)43(6)31(39(47)42-36)23-29-21-22-32(44)35(24-29)51-8/h9-11,14-18,20-22,24-25,28,31,33-34,36,38,44,46H,12-13,19,23H2,1-8H3,(H,42,47)/b20-14+,26-16+,27-15+/t28-,31+,33-,34+,36-,38+/m0/s1. The van der Waals surface area contributed by atoms with Gasteiger partial charge in [0.05, 0.1) is 19.1 Å². The zero-order valence-electron chi connectivity index (χ0n) is 31.5. The van der Waals surface area contributed by atoms with Gasteiger partial charge in [0.1, 0.15) is 18.2 Å². The van der Waals surface area contributed by atoms with Gasteiger partial charge in [-0.3, -0.25) is 14.4 Å². The number of aliphatic hydroxyl groups excluding tert-OH is 1. The molecule has 2 amide bonds. The van der Waals surface area contributed by atoms with Gasteiger partial charge < -0.3 is 34.6 Å². The van der Waals surface area contributed by atoms with Crippen LogP contribution in [0.1, 0.15) is 71.1 Å². The number of carbonyl (C=O) groups excluding carboxylic acids is 4. The number of benzene rings is 2. The minimum atomic E-state index is -1.21. The van der Waals surface area contributed by atoms with Crippen molar-refractivity contribution in [3.8, 4) is 11.5 Å². The van der Waals surface area contributed by atoms with E-state index >= 15 is 0 Å². The molecule has 52 heavy (non-hydrogen) atoms. The number of allylic oxidation sites excluding steroid dienone is 4. The van der Waals surface area contributed by atoms with Crippen molar-refractivity contribution < 1.29 is 43.6 Å². The van der Waals surface area contributed by atoms with Crippen molar-refractivity contribution in [1.29, 1.82) is 0 Å². The number of aliphatic hydroxyl groups is 1. The van der Waals surface area contributed by atoms with E-state index in [0.717, 1.165) is 5.57 Å². The molecular weight excluding hydrogens is 664 g/mol. The molecule has 282 valence electrons. The van der Waals surface area contributed by atoms with Gasteiger partial charge in [0.15, 0.2) is 23.4 Å². The van der Waals surface area contributed by atoms with Crippen molar-refractivity contribution in [1.82, 2.24) is 10.2 Å². The van der Waals surface area contributed by atoms with Crippen LogP contribution in [0.25, 0.3) is 0 Å². The molecule has 0 saturated heterocycles. The quantitative estimate of drug-likeness (QED) is 0.252. The number of cyclic esters (lactones) is 1. The Balaban J connectivity index is 2.10. The van der Waals surface area contributed by atoms with Crippen LogP contribution in [-0.4, -0.2) is 84.2 Å². The van der Waals surface area contributed by atoms with Crippen LogP contribution >= 0.6 is 0 Å². The summed E-state index contributed by atoms with van der Waals surface area (Å²) in [5.41, 5.74) is 2.45. The molecule has 11 nitrogen and oxygen atoms in total. The first-order valence-electron chi connectivity index (χ1n) is 17.6. The number of esters is 1. The molecule has 2 aromatic carbocycles. The summed E-state index contributed by atoms with van der Waals surface area (Å²) >= 11 is 0. The number of nitrogens with zero attached hydrogens (tertiary/aromatic N) is 1. The van der Waals surface area contributed by atoms with Gasteiger partial charge in [-0.05, 0) is 86.4 Å². The van der Waals surface area contributed by atoms with E-state index in [1.54, 1.807) is 76.4 Å². The average molecular weight is 719 g/mol. The van der Waals surface area contributed by atoms with E-state index in [9.17, 15) is 29.4 Å². The number of hydrogen-bond acceptors (Lipinski definition) is 9. The molecule has 1 heterocycles. The van der Waals surface area contributed by atoms with Crippen molar-refractivity contribution in [2.45, 2.75) is 90.7 Å². The summed E-state index contributed by atoms with van der Waals surface area (Å²) in [6.45, 7) is 8.60. The number of Topliss-reactive ketones (excluding diaryl/α,β-unsaturated/α-hetero) is 1. The van der Waals surface area contributed by atoms with E-state index < -0.39 is 53.9 Å². The predicted octanol–water partition coefficient (Wildman–Crippen LogP) is 5.41. The number of hydrogen-bond donors (Lipinski definition) is 3. The summed E-state index contributed by atoms with van der Waals surface area (Å²) in [7, 11) is 4.47. The number of amides is 2. The van der Waals surface area contributed by atoms with Gasteiger partial charge in [-0.2, -0.15) is 0 Å². The van der Waals surface area contributed by atoms with Crippen LogP contribution in [0.4, 0.5) is 0 Å². The molecule has 1 aliphatic rings. The first kappa shape index (κ1) is 41.7. The minimum Gasteiger partial charge on any atom is -0.504 e. The summed E-state index contributed by atoms with van der Waals surface area (Å²) in [6.07, 6.45) is 6.36. The van der Waals surface area contributed by atoms with Crippen molar-refractivity contribution in [2.75, 3.05) is 21.3 Å². The van der Waals surface area contributed by atoms with Crippen LogP contribution in [0.15, 0.2) is 84.0 Å². The second-order valence-corrected chi connectivity index (χ2v) is 13.6. The molecule has 0 spiro atoms. The molecule has 0 fully saturated rings. The highest BCUT2D eigenvalue weighted by Gasteiger charge is 2.37. The fraction of sp³-hybridized carbons (Fsp3) is 0.463. The molecule has 0 bridgehead atoms. The third-order valence-electron chi connectivity index (χ3n) is 9.44. The number of phenolic OH excluding ortho intramolecular Hbond substituents is 1. The molecular formula is C41H54N2O9. The van der Waals surface area contributed by atoms with Crippen molar-refractivity contribution in [3.05, 3.63) is 95.1 Å². The van der Waals surface area contributed by atoms with Gasteiger partial charge in [-0.15, -0.1) is 0 Å². The molecule has 2 aromatic rings. The molecule has 0 unspecified atom stereocenters. The van der Waals surface area contributed by atoms with Gasteiger partial charge in [0, 0.05) is 20.6 Å². The lowest BCUT2D eigenvalue weighted by Crippen LogP contribution is -2.56. The highest BCUT2D eigenvalue weighted by atomic mass is 16.6. The van der Waals surface area contributed by atoms with Crippen LogP contribution in [0.3, 0.4) is 0 Å². The Labute approximate surface area is 307 Å². The van der Waals surface area contributed by atoms with Crippen molar-refractivity contribution >= 4 is 23.6 Å². The summed E-state index contributed by atoms with van der Waals surface area (Å²) in [4.78, 5) is 56.6. The monoisotopic (exact) mass is 718 g/mol. The Morgan fingerprint density at radius 1 is 1.04 bits per heavy atom. The van der Waals surface area contributed by atoms with Crippen LogP contribution in [0, 0.1) is 11.8 Å². The number of ether oxygens (including phenoxy) is 3. The lowest BCUT2D eigenvalue weighted by Gasteiger charge is -2.32. The van der Waals surface area contributed by atoms with Crippen LogP contribution in [0.2, 0.25) is 0 Å². The SMILES string of the molecule is COc1cc(C[C@@H]2C(=O)N[C@@H](C(C)C)C(=O)O[C@@H]([C@H](O)c3ccccc3)/C=C/C=C(\C)[C@@H](OC)CCC/C=C(\C)C(=O)[C@H](C)C(=O)N2C)ccc1O. The zero-order chi connectivity index (χ0) is 38.5. The molecule has 1 aliphatic heterocycles. The highest BCUT2D eigenvalue weighted by molar-refractivity contribution is 6.09. The Bertz CT molecular complexity index is 1630. The smallest absolute Gasteiger partial charge is 0.329 e. The van der Waals surface area contributed by atoms with Crippen molar-refractivity contribution in [2.24, 2.45) is 11.8 Å². The second-order valence-electron chi connectivity index (χ2n) is 13.6. The van der Waals surface area contributed by atoms with Gasteiger partial charge in [-0.1, -0.05) is 68.5 Å². The normalized spacial score (nSPS) is 26.6.